The summed E-state index contributed by atoms with van der Waals surface area (Å²) in [5, 5.41) is 22.4. The molecule has 126 valence electrons. The number of hydrogen-bond acceptors (Lipinski definition) is 6. The van der Waals surface area contributed by atoms with Crippen molar-refractivity contribution in [1.82, 2.24) is 20.2 Å². The lowest BCUT2D eigenvalue weighted by molar-refractivity contribution is 0.0697. The van der Waals surface area contributed by atoms with Crippen LogP contribution in [0, 0.1) is 0 Å². The largest absolute Gasteiger partial charge is 0.478 e. The lowest BCUT2D eigenvalue weighted by atomic mass is 10.2. The Hall–Kier alpha value is -3.42. The lowest BCUT2D eigenvalue weighted by Gasteiger charge is -2.07. The molecule has 8 heteroatoms. The van der Waals surface area contributed by atoms with Gasteiger partial charge in [0.05, 0.1) is 11.3 Å². The van der Waals surface area contributed by atoms with Gasteiger partial charge in [0.2, 0.25) is 5.95 Å². The molecular weight excluding hydrogens is 320 g/mol. The summed E-state index contributed by atoms with van der Waals surface area (Å²) in [5.74, 6) is 1.46. The predicted molar refractivity (Wildman–Crippen MR) is 92.6 cm³/mol. The van der Waals surface area contributed by atoms with Crippen LogP contribution < -0.4 is 10.6 Å². The van der Waals surface area contributed by atoms with E-state index in [4.69, 9.17) is 5.11 Å². The van der Waals surface area contributed by atoms with Crippen molar-refractivity contribution in [2.45, 2.75) is 18.8 Å². The number of rotatable bonds is 6. The van der Waals surface area contributed by atoms with Crippen molar-refractivity contribution in [2.75, 3.05) is 10.6 Å². The number of benzene rings is 1. The van der Waals surface area contributed by atoms with Crippen LogP contribution in [0.5, 0.6) is 0 Å². The highest BCUT2D eigenvalue weighted by molar-refractivity contribution is 5.88. The molecule has 1 aliphatic rings. The van der Waals surface area contributed by atoms with E-state index in [-0.39, 0.29) is 5.56 Å². The molecule has 0 amide bonds. The van der Waals surface area contributed by atoms with Gasteiger partial charge in [-0.05, 0) is 43.2 Å². The van der Waals surface area contributed by atoms with Gasteiger partial charge in [-0.15, -0.1) is 0 Å². The van der Waals surface area contributed by atoms with Crippen molar-refractivity contribution in [3.05, 3.63) is 53.9 Å². The van der Waals surface area contributed by atoms with E-state index in [0.717, 1.165) is 11.5 Å². The Labute approximate surface area is 143 Å². The molecule has 0 bridgehead atoms. The van der Waals surface area contributed by atoms with Crippen molar-refractivity contribution in [3.8, 4) is 0 Å². The highest BCUT2D eigenvalue weighted by Gasteiger charge is 2.26. The average Bonchev–Trinajstić information content (AvgIpc) is 3.36. The minimum Gasteiger partial charge on any atom is -0.478 e. The van der Waals surface area contributed by atoms with Crippen molar-refractivity contribution in [3.63, 3.8) is 0 Å². The van der Waals surface area contributed by atoms with E-state index in [0.29, 0.717) is 23.4 Å². The maximum atomic E-state index is 10.9. The maximum absolute atomic E-state index is 10.9. The van der Waals surface area contributed by atoms with Gasteiger partial charge in [-0.25, -0.2) is 9.78 Å². The number of aromatic amines is 1. The Bertz CT molecular complexity index is 902. The molecule has 2 heterocycles. The Balaban J connectivity index is 1.45. The van der Waals surface area contributed by atoms with Gasteiger partial charge in [-0.2, -0.15) is 10.1 Å². The van der Waals surface area contributed by atoms with Gasteiger partial charge < -0.3 is 15.7 Å². The number of anilines is 4. The molecule has 1 aromatic carbocycles. The molecule has 0 unspecified atom stereocenters. The number of carbonyl (C=O) groups is 1. The zero-order valence-corrected chi connectivity index (χ0v) is 13.2. The first-order valence-corrected chi connectivity index (χ1v) is 7.93. The third-order valence-corrected chi connectivity index (χ3v) is 3.90. The summed E-state index contributed by atoms with van der Waals surface area (Å²) in [6.45, 7) is 0. The molecule has 8 nitrogen and oxygen atoms in total. The van der Waals surface area contributed by atoms with Gasteiger partial charge >= 0.3 is 5.97 Å². The number of H-pyrrole nitrogens is 1. The Kier molecular flexibility index (Phi) is 3.77. The Morgan fingerprint density at radius 2 is 1.96 bits per heavy atom. The number of hydrogen-bond donors (Lipinski definition) is 4. The molecule has 0 spiro atoms. The average molecular weight is 336 g/mol. The van der Waals surface area contributed by atoms with Gasteiger partial charge in [0.1, 0.15) is 11.6 Å². The molecule has 0 aliphatic heterocycles. The van der Waals surface area contributed by atoms with Crippen LogP contribution in [0.4, 0.5) is 23.3 Å². The monoisotopic (exact) mass is 336 g/mol. The van der Waals surface area contributed by atoms with Crippen molar-refractivity contribution in [1.29, 1.82) is 0 Å². The smallest absolute Gasteiger partial charge is 0.335 e. The maximum Gasteiger partial charge on any atom is 0.335 e. The second-order valence-corrected chi connectivity index (χ2v) is 5.88. The summed E-state index contributed by atoms with van der Waals surface area (Å²) in [6, 6.07) is 10.1. The van der Waals surface area contributed by atoms with E-state index in [1.54, 1.807) is 24.4 Å². The molecule has 3 aromatic rings. The number of carboxylic acids is 1. The lowest BCUT2D eigenvalue weighted by Crippen LogP contribution is -2.01. The van der Waals surface area contributed by atoms with Crippen molar-refractivity contribution >= 4 is 29.2 Å². The van der Waals surface area contributed by atoms with E-state index in [1.165, 1.54) is 25.0 Å². The fourth-order valence-electron chi connectivity index (χ4n) is 2.44. The normalized spacial score (nSPS) is 13.4. The Morgan fingerprint density at radius 1 is 1.16 bits per heavy atom. The van der Waals surface area contributed by atoms with Gasteiger partial charge in [0.25, 0.3) is 0 Å². The predicted octanol–water partition coefficient (Wildman–Crippen LogP) is 3.26. The molecule has 25 heavy (non-hydrogen) atoms. The molecular formula is C17H16N6O2. The van der Waals surface area contributed by atoms with E-state index in [2.05, 4.69) is 30.8 Å². The zero-order chi connectivity index (χ0) is 17.2. The standard InChI is InChI=1S/C17H16N6O2/c24-16(25)11-3-5-12(6-4-11)19-17-18-8-7-14(21-17)20-15-9-13(22-23-15)10-1-2-10/h3-10H,1-2H2,(H,24,25)(H3,18,19,20,21,22,23). The number of aromatic nitrogens is 4. The van der Waals surface area contributed by atoms with E-state index in [9.17, 15) is 4.79 Å². The first kappa shape index (κ1) is 15.1. The minimum atomic E-state index is -0.959. The highest BCUT2D eigenvalue weighted by atomic mass is 16.4. The molecule has 4 rings (SSSR count). The van der Waals surface area contributed by atoms with Crippen LogP contribution in [0.1, 0.15) is 34.8 Å². The second-order valence-electron chi connectivity index (χ2n) is 5.88. The topological polar surface area (TPSA) is 116 Å². The van der Waals surface area contributed by atoms with Gasteiger partial charge in [0.15, 0.2) is 0 Å². The number of carboxylic acid groups (broad SMARTS) is 1. The van der Waals surface area contributed by atoms with Crippen molar-refractivity contribution < 1.29 is 9.90 Å². The fourth-order valence-corrected chi connectivity index (χ4v) is 2.44. The molecule has 0 saturated heterocycles. The third-order valence-electron chi connectivity index (χ3n) is 3.90. The number of aromatic carboxylic acids is 1. The van der Waals surface area contributed by atoms with Crippen LogP contribution >= 0.6 is 0 Å². The highest BCUT2D eigenvalue weighted by Crippen LogP contribution is 2.39. The molecule has 0 atom stereocenters. The minimum absolute atomic E-state index is 0.229. The summed E-state index contributed by atoms with van der Waals surface area (Å²) in [5.41, 5.74) is 2.01. The fraction of sp³-hybridized carbons (Fsp3) is 0.176. The zero-order valence-electron chi connectivity index (χ0n) is 13.2. The molecule has 2 aromatic heterocycles. The van der Waals surface area contributed by atoms with Crippen molar-refractivity contribution in [2.24, 2.45) is 0 Å². The third kappa shape index (κ3) is 3.57. The van der Waals surface area contributed by atoms with Crippen LogP contribution in [0.3, 0.4) is 0 Å². The first-order chi connectivity index (χ1) is 12.2. The van der Waals surface area contributed by atoms with Gasteiger partial charge in [0, 0.05) is 23.9 Å². The molecule has 0 radical (unpaired) electrons. The first-order valence-electron chi connectivity index (χ1n) is 7.93. The van der Waals surface area contributed by atoms with Crippen LogP contribution in [0.25, 0.3) is 0 Å². The SMILES string of the molecule is O=C(O)c1ccc(Nc2nccc(Nc3cc(C4CC4)n[nH]3)n2)cc1. The second kappa shape index (κ2) is 6.23. The summed E-state index contributed by atoms with van der Waals surface area (Å²) in [7, 11) is 0. The van der Waals surface area contributed by atoms with Gasteiger partial charge in [-0.1, -0.05) is 0 Å². The molecule has 1 saturated carbocycles. The van der Waals surface area contributed by atoms with E-state index in [1.807, 2.05) is 6.07 Å². The summed E-state index contributed by atoms with van der Waals surface area (Å²) in [6.07, 6.45) is 4.04. The van der Waals surface area contributed by atoms with E-state index >= 15 is 0 Å². The summed E-state index contributed by atoms with van der Waals surface area (Å²) < 4.78 is 0. The quantitative estimate of drug-likeness (QED) is 0.546. The van der Waals surface area contributed by atoms with Crippen LogP contribution in [0.15, 0.2) is 42.6 Å². The molecule has 1 fully saturated rings. The van der Waals surface area contributed by atoms with Crippen LogP contribution in [0.2, 0.25) is 0 Å². The number of nitrogens with one attached hydrogen (secondary N) is 3. The molecule has 1 aliphatic carbocycles. The van der Waals surface area contributed by atoms with E-state index < -0.39 is 5.97 Å². The summed E-state index contributed by atoms with van der Waals surface area (Å²) in [4.78, 5) is 19.4. The molecule has 4 N–H and O–H groups in total. The number of nitrogens with zero attached hydrogens (tertiary/aromatic N) is 3. The van der Waals surface area contributed by atoms with Crippen LogP contribution in [-0.2, 0) is 0 Å². The summed E-state index contributed by atoms with van der Waals surface area (Å²) >= 11 is 0. The Morgan fingerprint density at radius 3 is 2.68 bits per heavy atom. The van der Waals surface area contributed by atoms with Gasteiger partial charge in [-0.3, -0.25) is 5.10 Å². The van der Waals surface area contributed by atoms with Crippen LogP contribution in [-0.4, -0.2) is 31.2 Å².